The van der Waals surface area contributed by atoms with E-state index in [1.54, 1.807) is 20.2 Å². The molecule has 1 N–H and O–H groups in total. The first-order valence-electron chi connectivity index (χ1n) is 7.46. The zero-order chi connectivity index (χ0) is 17.0. The highest BCUT2D eigenvalue weighted by Crippen LogP contribution is 2.23. The number of halogens is 2. The van der Waals surface area contributed by atoms with Crippen LogP contribution in [0.1, 0.15) is 12.0 Å². The number of hydrogen-bond donors (Lipinski definition) is 1. The van der Waals surface area contributed by atoms with E-state index in [4.69, 9.17) is 16.3 Å². The second-order valence-corrected chi connectivity index (χ2v) is 6.60. The molecule has 7 heteroatoms. The smallest absolute Gasteiger partial charge is 0.225 e. The van der Waals surface area contributed by atoms with Gasteiger partial charge in [0.1, 0.15) is 11.4 Å². The van der Waals surface area contributed by atoms with Gasteiger partial charge in [-0.3, -0.25) is 9.69 Å². The molecule has 0 radical (unpaired) electrons. The molecular weight excluding hydrogens is 323 g/mol. The Morgan fingerprint density at radius 2 is 2.26 bits per heavy atom. The lowest BCUT2D eigenvalue weighted by atomic mass is 9.99. The Labute approximate surface area is 140 Å². The van der Waals surface area contributed by atoms with Gasteiger partial charge in [0.05, 0.1) is 19.6 Å². The van der Waals surface area contributed by atoms with E-state index in [0.29, 0.717) is 31.3 Å². The minimum absolute atomic E-state index is 0.00630. The third-order valence-electron chi connectivity index (χ3n) is 3.83. The summed E-state index contributed by atoms with van der Waals surface area (Å²) in [6, 6.07) is 4.26. The van der Waals surface area contributed by atoms with E-state index in [0.717, 1.165) is 5.56 Å². The maximum atomic E-state index is 13.1. The van der Waals surface area contributed by atoms with Crippen LogP contribution in [0.3, 0.4) is 0 Å². The summed E-state index contributed by atoms with van der Waals surface area (Å²) in [5.74, 6) is -0.538. The fourth-order valence-corrected chi connectivity index (χ4v) is 2.80. The summed E-state index contributed by atoms with van der Waals surface area (Å²) in [6.07, 6.45) is -0.00630. The number of ether oxygens (including phenoxy) is 1. The van der Waals surface area contributed by atoms with Gasteiger partial charge in [0.15, 0.2) is 0 Å². The molecule has 23 heavy (non-hydrogen) atoms. The number of benzene rings is 1. The predicted octanol–water partition coefficient (Wildman–Crippen LogP) is 1.52. The minimum atomic E-state index is -1.25. The number of rotatable bonds is 4. The summed E-state index contributed by atoms with van der Waals surface area (Å²) < 4.78 is 18.6. The predicted molar refractivity (Wildman–Crippen MR) is 85.8 cm³/mol. The Balaban J connectivity index is 2.08. The van der Waals surface area contributed by atoms with Crippen molar-refractivity contribution >= 4 is 17.5 Å². The van der Waals surface area contributed by atoms with Gasteiger partial charge in [0.2, 0.25) is 5.91 Å². The molecule has 1 aliphatic rings. The van der Waals surface area contributed by atoms with Crippen LogP contribution >= 0.6 is 11.6 Å². The highest BCUT2D eigenvalue weighted by molar-refractivity contribution is 6.31. The van der Waals surface area contributed by atoms with E-state index in [-0.39, 0.29) is 24.8 Å². The van der Waals surface area contributed by atoms with Gasteiger partial charge >= 0.3 is 0 Å². The van der Waals surface area contributed by atoms with Crippen LogP contribution in [-0.4, -0.2) is 66.8 Å². The van der Waals surface area contributed by atoms with Crippen molar-refractivity contribution in [2.24, 2.45) is 0 Å². The maximum absolute atomic E-state index is 13.1. The SMILES string of the molecule is CN(C)C(=O)C[C@]1(O)COCCN(Cc2ccc(F)cc2Cl)C1. The zero-order valence-electron chi connectivity index (χ0n) is 13.4. The third kappa shape index (κ3) is 5.14. The van der Waals surface area contributed by atoms with Crippen LogP contribution in [0.5, 0.6) is 0 Å². The lowest BCUT2D eigenvalue weighted by molar-refractivity contribution is -0.136. The van der Waals surface area contributed by atoms with Crippen molar-refractivity contribution in [3.8, 4) is 0 Å². The van der Waals surface area contributed by atoms with Crippen molar-refractivity contribution in [2.45, 2.75) is 18.6 Å². The van der Waals surface area contributed by atoms with E-state index in [1.807, 2.05) is 4.90 Å². The summed E-state index contributed by atoms with van der Waals surface area (Å²) in [5.41, 5.74) is -0.471. The van der Waals surface area contributed by atoms with Crippen molar-refractivity contribution < 1.29 is 19.0 Å². The molecule has 1 aliphatic heterocycles. The summed E-state index contributed by atoms with van der Waals surface area (Å²) >= 11 is 6.07. The highest BCUT2D eigenvalue weighted by Gasteiger charge is 2.35. The lowest BCUT2D eigenvalue weighted by Crippen LogP contribution is -2.47. The van der Waals surface area contributed by atoms with E-state index in [2.05, 4.69) is 0 Å². The fourth-order valence-electron chi connectivity index (χ4n) is 2.57. The van der Waals surface area contributed by atoms with Crippen molar-refractivity contribution in [1.82, 2.24) is 9.80 Å². The molecule has 0 unspecified atom stereocenters. The Bertz CT molecular complexity index is 570. The average Bonchev–Trinajstić information content (AvgIpc) is 2.63. The molecule has 1 saturated heterocycles. The van der Waals surface area contributed by atoms with E-state index in [1.165, 1.54) is 17.0 Å². The van der Waals surface area contributed by atoms with Crippen molar-refractivity contribution in [3.63, 3.8) is 0 Å². The standard InChI is InChI=1S/C16H22ClFN2O3/c1-19(2)15(21)8-16(22)10-20(5-6-23-11-16)9-12-3-4-13(18)7-14(12)17/h3-4,7,22H,5-6,8-11H2,1-2H3/t16-/m1/s1. The van der Waals surface area contributed by atoms with Gasteiger partial charge in [0, 0.05) is 38.8 Å². The average molecular weight is 345 g/mol. The van der Waals surface area contributed by atoms with Crippen LogP contribution in [0.2, 0.25) is 5.02 Å². The quantitative estimate of drug-likeness (QED) is 0.900. The summed E-state index contributed by atoms with van der Waals surface area (Å²) in [6.45, 7) is 1.92. The van der Waals surface area contributed by atoms with Gasteiger partial charge < -0.3 is 14.7 Å². The molecule has 2 rings (SSSR count). The Hall–Kier alpha value is -1.21. The molecule has 0 bridgehead atoms. The molecule has 1 aromatic carbocycles. The maximum Gasteiger partial charge on any atom is 0.225 e. The monoisotopic (exact) mass is 344 g/mol. The van der Waals surface area contributed by atoms with Crippen molar-refractivity contribution in [3.05, 3.63) is 34.6 Å². The van der Waals surface area contributed by atoms with E-state index >= 15 is 0 Å². The van der Waals surface area contributed by atoms with Crippen LogP contribution in [0.15, 0.2) is 18.2 Å². The zero-order valence-corrected chi connectivity index (χ0v) is 14.1. The van der Waals surface area contributed by atoms with Gasteiger partial charge in [-0.15, -0.1) is 0 Å². The highest BCUT2D eigenvalue weighted by atomic mass is 35.5. The molecule has 0 saturated carbocycles. The lowest BCUT2D eigenvalue weighted by Gasteiger charge is -2.31. The van der Waals surface area contributed by atoms with Crippen LogP contribution < -0.4 is 0 Å². The molecule has 5 nitrogen and oxygen atoms in total. The second kappa shape index (κ2) is 7.57. The van der Waals surface area contributed by atoms with Crippen LogP contribution in [0.25, 0.3) is 0 Å². The number of nitrogens with zero attached hydrogens (tertiary/aromatic N) is 2. The number of β-amino-alcohol motifs (C(OH)–C–C–N with tert-alkyl or cyclic N) is 1. The van der Waals surface area contributed by atoms with E-state index < -0.39 is 5.60 Å². The van der Waals surface area contributed by atoms with E-state index in [9.17, 15) is 14.3 Å². The third-order valence-corrected chi connectivity index (χ3v) is 4.18. The molecular formula is C16H22ClFN2O3. The molecule has 0 aromatic heterocycles. The van der Waals surface area contributed by atoms with Crippen molar-refractivity contribution in [2.75, 3.05) is 40.4 Å². The number of aliphatic hydroxyl groups is 1. The summed E-state index contributed by atoms with van der Waals surface area (Å²) in [4.78, 5) is 15.3. The summed E-state index contributed by atoms with van der Waals surface area (Å²) in [7, 11) is 3.30. The largest absolute Gasteiger partial charge is 0.386 e. The molecule has 128 valence electrons. The van der Waals surface area contributed by atoms with Gasteiger partial charge in [-0.1, -0.05) is 17.7 Å². The Morgan fingerprint density at radius 3 is 2.91 bits per heavy atom. The molecule has 1 fully saturated rings. The Morgan fingerprint density at radius 1 is 1.52 bits per heavy atom. The van der Waals surface area contributed by atoms with Gasteiger partial charge in [-0.2, -0.15) is 0 Å². The number of carbonyl (C=O) groups excluding carboxylic acids is 1. The van der Waals surface area contributed by atoms with Crippen LogP contribution in [0.4, 0.5) is 4.39 Å². The van der Waals surface area contributed by atoms with Crippen LogP contribution in [-0.2, 0) is 16.1 Å². The van der Waals surface area contributed by atoms with Gasteiger partial charge in [0.25, 0.3) is 0 Å². The minimum Gasteiger partial charge on any atom is -0.386 e. The Kier molecular flexibility index (Phi) is 5.97. The van der Waals surface area contributed by atoms with Crippen LogP contribution in [0, 0.1) is 5.82 Å². The first-order valence-corrected chi connectivity index (χ1v) is 7.83. The topological polar surface area (TPSA) is 53.0 Å². The first-order chi connectivity index (χ1) is 10.8. The van der Waals surface area contributed by atoms with Gasteiger partial charge in [-0.25, -0.2) is 4.39 Å². The molecule has 0 spiro atoms. The molecule has 0 aliphatic carbocycles. The number of carbonyl (C=O) groups is 1. The normalized spacial score (nSPS) is 22.7. The first kappa shape index (κ1) is 18.1. The number of hydrogen-bond acceptors (Lipinski definition) is 4. The molecule has 1 aromatic rings. The molecule has 1 atom stereocenters. The fraction of sp³-hybridized carbons (Fsp3) is 0.562. The van der Waals surface area contributed by atoms with Gasteiger partial charge in [-0.05, 0) is 17.7 Å². The summed E-state index contributed by atoms with van der Waals surface area (Å²) in [5, 5.41) is 11.1. The molecule has 1 heterocycles. The molecule has 1 amide bonds. The number of amides is 1. The van der Waals surface area contributed by atoms with Crippen molar-refractivity contribution in [1.29, 1.82) is 0 Å². The second-order valence-electron chi connectivity index (χ2n) is 6.19.